The van der Waals surface area contributed by atoms with E-state index in [-0.39, 0.29) is 6.04 Å². The van der Waals surface area contributed by atoms with Gasteiger partial charge in [-0.15, -0.1) is 0 Å². The van der Waals surface area contributed by atoms with Crippen LogP contribution in [0.4, 0.5) is 0 Å². The van der Waals surface area contributed by atoms with Gasteiger partial charge in [-0.25, -0.2) is 0 Å². The Morgan fingerprint density at radius 3 is 2.58 bits per heavy atom. The van der Waals surface area contributed by atoms with Crippen molar-refractivity contribution in [3.05, 3.63) is 42.0 Å². The Morgan fingerprint density at radius 1 is 1.16 bits per heavy atom. The molecular formula is C17H19NO. The summed E-state index contributed by atoms with van der Waals surface area (Å²) in [5.74, 6) is 7.18. The number of methoxy groups -OCH3 is 1. The van der Waals surface area contributed by atoms with Crippen molar-refractivity contribution in [3.8, 4) is 17.6 Å². The molecule has 0 spiro atoms. The highest BCUT2D eigenvalue weighted by atomic mass is 16.5. The van der Waals surface area contributed by atoms with Gasteiger partial charge in [-0.3, -0.25) is 0 Å². The molecule has 0 fully saturated rings. The average Bonchev–Trinajstić information content (AvgIpc) is 2.45. The van der Waals surface area contributed by atoms with Gasteiger partial charge in [-0.05, 0) is 18.6 Å². The first-order valence-corrected chi connectivity index (χ1v) is 6.59. The summed E-state index contributed by atoms with van der Waals surface area (Å²) >= 11 is 0. The maximum atomic E-state index is 5.93. The van der Waals surface area contributed by atoms with E-state index >= 15 is 0 Å². The van der Waals surface area contributed by atoms with E-state index < -0.39 is 0 Å². The summed E-state index contributed by atoms with van der Waals surface area (Å²) in [6.07, 6.45) is 1.99. The van der Waals surface area contributed by atoms with Crippen molar-refractivity contribution in [2.75, 3.05) is 7.11 Å². The molecule has 0 bridgehead atoms. The second kappa shape index (κ2) is 6.26. The molecule has 1 atom stereocenters. The van der Waals surface area contributed by atoms with Crippen LogP contribution in [0.15, 0.2) is 36.4 Å². The Morgan fingerprint density at radius 2 is 1.89 bits per heavy atom. The summed E-state index contributed by atoms with van der Waals surface area (Å²) < 4.78 is 5.37. The Balaban J connectivity index is 2.45. The van der Waals surface area contributed by atoms with Gasteiger partial charge >= 0.3 is 0 Å². The molecule has 0 heterocycles. The van der Waals surface area contributed by atoms with Crippen LogP contribution in [-0.2, 0) is 0 Å². The van der Waals surface area contributed by atoms with Crippen LogP contribution in [0.25, 0.3) is 10.8 Å². The van der Waals surface area contributed by atoms with Crippen molar-refractivity contribution < 1.29 is 4.74 Å². The van der Waals surface area contributed by atoms with Crippen LogP contribution in [0.2, 0.25) is 0 Å². The molecule has 0 aromatic heterocycles. The lowest BCUT2D eigenvalue weighted by Crippen LogP contribution is -2.16. The van der Waals surface area contributed by atoms with Gasteiger partial charge in [0.05, 0.1) is 13.2 Å². The van der Waals surface area contributed by atoms with Crippen molar-refractivity contribution in [1.82, 2.24) is 0 Å². The molecular weight excluding hydrogens is 234 g/mol. The number of hydrogen-bond donors (Lipinski definition) is 1. The Bertz CT molecular complexity index is 622. The maximum Gasteiger partial charge on any atom is 0.126 e. The smallest absolute Gasteiger partial charge is 0.126 e. The van der Waals surface area contributed by atoms with Crippen LogP contribution in [0.5, 0.6) is 5.75 Å². The molecule has 98 valence electrons. The van der Waals surface area contributed by atoms with Gasteiger partial charge in [0.2, 0.25) is 0 Å². The first-order chi connectivity index (χ1) is 9.26. The lowest BCUT2D eigenvalue weighted by atomic mass is 10.0. The van der Waals surface area contributed by atoms with Crippen LogP contribution in [-0.4, -0.2) is 13.2 Å². The zero-order chi connectivity index (χ0) is 13.7. The summed E-state index contributed by atoms with van der Waals surface area (Å²) in [5, 5.41) is 2.19. The van der Waals surface area contributed by atoms with Gasteiger partial charge in [-0.2, -0.15) is 0 Å². The number of nitrogens with two attached hydrogens (primary N) is 1. The molecule has 19 heavy (non-hydrogen) atoms. The van der Waals surface area contributed by atoms with Gasteiger partial charge in [-0.1, -0.05) is 49.5 Å². The highest BCUT2D eigenvalue weighted by Crippen LogP contribution is 2.27. The number of fused-ring (bicyclic) bond motifs is 1. The second-order valence-corrected chi connectivity index (χ2v) is 4.53. The van der Waals surface area contributed by atoms with Crippen molar-refractivity contribution in [1.29, 1.82) is 0 Å². The number of benzene rings is 2. The molecule has 0 aliphatic heterocycles. The Hall–Kier alpha value is -1.98. The quantitative estimate of drug-likeness (QED) is 0.852. The van der Waals surface area contributed by atoms with Crippen LogP contribution in [0.1, 0.15) is 25.3 Å². The average molecular weight is 253 g/mol. The van der Waals surface area contributed by atoms with E-state index in [1.807, 2.05) is 30.3 Å². The minimum atomic E-state index is -0.0501. The van der Waals surface area contributed by atoms with Crippen LogP contribution in [0, 0.1) is 11.8 Å². The normalized spacial score (nSPS) is 11.7. The molecule has 2 rings (SSSR count). The fourth-order valence-electron chi connectivity index (χ4n) is 2.11. The lowest BCUT2D eigenvalue weighted by Gasteiger charge is -2.07. The lowest BCUT2D eigenvalue weighted by molar-refractivity contribution is 0.420. The summed E-state index contributed by atoms with van der Waals surface area (Å²) in [6, 6.07) is 12.0. The summed E-state index contributed by atoms with van der Waals surface area (Å²) in [7, 11) is 1.68. The van der Waals surface area contributed by atoms with Crippen LogP contribution < -0.4 is 10.5 Å². The first-order valence-electron chi connectivity index (χ1n) is 6.59. The third-order valence-corrected chi connectivity index (χ3v) is 3.10. The zero-order valence-corrected chi connectivity index (χ0v) is 11.4. The molecule has 2 N–H and O–H groups in total. The molecule has 0 aliphatic carbocycles. The largest absolute Gasteiger partial charge is 0.496 e. The maximum absolute atomic E-state index is 5.93. The van der Waals surface area contributed by atoms with E-state index in [4.69, 9.17) is 10.5 Å². The standard InChI is InChI=1S/C17H19NO/c1-3-6-14(18)11-9-13-10-12-17(19-2)16-8-5-4-7-15(13)16/h4-5,7-8,10,12,14H,3,6,18H2,1-2H3. The second-order valence-electron chi connectivity index (χ2n) is 4.53. The van der Waals surface area contributed by atoms with Crippen LogP contribution in [0.3, 0.4) is 0 Å². The number of hydrogen-bond acceptors (Lipinski definition) is 2. The molecule has 0 amide bonds. The van der Waals surface area contributed by atoms with E-state index in [1.54, 1.807) is 7.11 Å². The minimum Gasteiger partial charge on any atom is -0.496 e. The van der Waals surface area contributed by atoms with Crippen LogP contribution >= 0.6 is 0 Å². The highest BCUT2D eigenvalue weighted by Gasteiger charge is 2.04. The number of ether oxygens (including phenoxy) is 1. The SMILES string of the molecule is CCCC(N)C#Cc1ccc(OC)c2ccccc12. The van der Waals surface area contributed by atoms with E-state index in [1.165, 1.54) is 0 Å². The van der Waals surface area contributed by atoms with Gasteiger partial charge < -0.3 is 10.5 Å². The first kappa shape index (κ1) is 13.5. The molecule has 2 aromatic carbocycles. The molecule has 2 heteroatoms. The fraction of sp³-hybridized carbons (Fsp3) is 0.294. The van der Waals surface area contributed by atoms with E-state index in [2.05, 4.69) is 24.8 Å². The number of rotatable bonds is 3. The summed E-state index contributed by atoms with van der Waals surface area (Å²) in [6.45, 7) is 2.12. The molecule has 0 saturated carbocycles. The predicted molar refractivity (Wildman–Crippen MR) is 80.3 cm³/mol. The highest BCUT2D eigenvalue weighted by molar-refractivity contribution is 5.93. The van der Waals surface area contributed by atoms with E-state index in [0.29, 0.717) is 0 Å². The monoisotopic (exact) mass is 253 g/mol. The Labute approximate surface area is 114 Å². The molecule has 0 aliphatic rings. The van der Waals surface area contributed by atoms with Gasteiger partial charge in [0.15, 0.2) is 0 Å². The zero-order valence-electron chi connectivity index (χ0n) is 11.4. The third-order valence-electron chi connectivity index (χ3n) is 3.10. The molecule has 0 radical (unpaired) electrons. The molecule has 1 unspecified atom stereocenters. The fourth-order valence-corrected chi connectivity index (χ4v) is 2.11. The predicted octanol–water partition coefficient (Wildman–Crippen LogP) is 3.33. The van der Waals surface area contributed by atoms with Gasteiger partial charge in [0.25, 0.3) is 0 Å². The minimum absolute atomic E-state index is 0.0501. The van der Waals surface area contributed by atoms with Crippen molar-refractivity contribution in [2.24, 2.45) is 5.73 Å². The molecule has 2 aromatic rings. The van der Waals surface area contributed by atoms with Crippen molar-refractivity contribution in [2.45, 2.75) is 25.8 Å². The van der Waals surface area contributed by atoms with E-state index in [9.17, 15) is 0 Å². The summed E-state index contributed by atoms with van der Waals surface area (Å²) in [4.78, 5) is 0. The van der Waals surface area contributed by atoms with Crippen molar-refractivity contribution >= 4 is 10.8 Å². The van der Waals surface area contributed by atoms with E-state index in [0.717, 1.165) is 34.9 Å². The topological polar surface area (TPSA) is 35.2 Å². The third kappa shape index (κ3) is 3.07. The van der Waals surface area contributed by atoms with Crippen molar-refractivity contribution in [3.63, 3.8) is 0 Å². The Kier molecular flexibility index (Phi) is 4.43. The van der Waals surface area contributed by atoms with Gasteiger partial charge in [0.1, 0.15) is 5.75 Å². The molecule has 0 saturated heterocycles. The summed E-state index contributed by atoms with van der Waals surface area (Å²) in [5.41, 5.74) is 6.94. The molecule has 2 nitrogen and oxygen atoms in total. The van der Waals surface area contributed by atoms with Gasteiger partial charge in [0, 0.05) is 16.3 Å².